The summed E-state index contributed by atoms with van der Waals surface area (Å²) in [6, 6.07) is 0. The Labute approximate surface area is 262 Å². The fourth-order valence-electron chi connectivity index (χ4n) is 5.18. The Bertz CT molecular complexity index is 478. The van der Waals surface area contributed by atoms with Gasteiger partial charge in [-0.15, -0.1) is 17.0 Å². The maximum Gasteiger partial charge on any atom is 0.134 e. The molecular weight excluding hydrogens is 562 g/mol. The van der Waals surface area contributed by atoms with Gasteiger partial charge in [0.05, 0.1) is 12.7 Å². The van der Waals surface area contributed by atoms with E-state index in [2.05, 4.69) is 26.1 Å². The number of hydrogen-bond acceptors (Lipinski definition) is 4. The van der Waals surface area contributed by atoms with Gasteiger partial charge in [-0.2, -0.15) is 0 Å². The highest BCUT2D eigenvalue weighted by molar-refractivity contribution is 8.93. The largest absolute Gasteiger partial charge is 0.394 e. The first kappa shape index (κ1) is 42.5. The van der Waals surface area contributed by atoms with Crippen molar-refractivity contribution >= 4 is 17.0 Å². The molecule has 244 valence electrons. The van der Waals surface area contributed by atoms with Crippen LogP contribution >= 0.6 is 17.0 Å². The third-order valence-electron chi connectivity index (χ3n) is 8.03. The Balaban J connectivity index is 0. The van der Waals surface area contributed by atoms with Gasteiger partial charge in [-0.25, -0.2) is 0 Å². The molecule has 2 unspecified atom stereocenters. The second-order valence-electron chi connectivity index (χ2n) is 12.8. The minimum Gasteiger partial charge on any atom is -0.394 e. The number of unbranched alkanes of at least 4 members (excludes halogenated alkanes) is 22. The summed E-state index contributed by atoms with van der Waals surface area (Å²) in [7, 11) is 0. The molecule has 5 heteroatoms. The molecule has 4 nitrogen and oxygen atoms in total. The van der Waals surface area contributed by atoms with Crippen molar-refractivity contribution in [3.8, 4) is 0 Å². The Hall–Kier alpha value is 0.320. The Morgan fingerprint density at radius 3 is 1.15 bits per heavy atom. The number of nitrogens with one attached hydrogen (secondary N) is 1. The highest BCUT2D eigenvalue weighted by Crippen LogP contribution is 2.15. The lowest BCUT2D eigenvalue weighted by molar-refractivity contribution is -0.0950. The van der Waals surface area contributed by atoms with Crippen molar-refractivity contribution in [1.82, 2.24) is 5.32 Å². The Morgan fingerprint density at radius 2 is 0.825 bits per heavy atom. The molecule has 0 saturated heterocycles. The summed E-state index contributed by atoms with van der Waals surface area (Å²) in [4.78, 5) is 0. The summed E-state index contributed by atoms with van der Waals surface area (Å²) in [5, 5.41) is 13.2. The molecule has 0 aromatic rings. The number of hydrogen-bond donors (Lipinski definition) is 2. The van der Waals surface area contributed by atoms with Gasteiger partial charge in [-0.1, -0.05) is 155 Å². The zero-order chi connectivity index (χ0) is 28.9. The highest BCUT2D eigenvalue weighted by Gasteiger charge is 2.26. The maximum atomic E-state index is 9.75. The molecule has 0 rings (SSSR count). The lowest BCUT2D eigenvalue weighted by atomic mass is 10.1. The highest BCUT2D eigenvalue weighted by atomic mass is 79.9. The molecule has 0 heterocycles. The van der Waals surface area contributed by atoms with Gasteiger partial charge in [-0.3, -0.25) is 5.32 Å². The molecule has 0 spiro atoms. The van der Waals surface area contributed by atoms with Crippen LogP contribution in [0.2, 0.25) is 0 Å². The monoisotopic (exact) mass is 635 g/mol. The third-order valence-corrected chi connectivity index (χ3v) is 8.03. The van der Waals surface area contributed by atoms with Crippen LogP contribution in [0.5, 0.6) is 0 Å². The molecular formula is C35H74BrNO3. The molecule has 0 aliphatic heterocycles. The van der Waals surface area contributed by atoms with Crippen LogP contribution in [0, 0.1) is 0 Å². The molecule has 0 radical (unpaired) electrons. The predicted molar refractivity (Wildman–Crippen MR) is 182 cm³/mol. The van der Waals surface area contributed by atoms with Crippen molar-refractivity contribution in [2.45, 2.75) is 207 Å². The average Bonchev–Trinajstić information content (AvgIpc) is 2.93. The second kappa shape index (κ2) is 32.2. The van der Waals surface area contributed by atoms with Gasteiger partial charge in [0.1, 0.15) is 6.23 Å². The lowest BCUT2D eigenvalue weighted by Gasteiger charge is -2.33. The topological polar surface area (TPSA) is 50.7 Å². The molecule has 0 aliphatic carbocycles. The van der Waals surface area contributed by atoms with Crippen molar-refractivity contribution in [3.05, 3.63) is 0 Å². The molecule has 40 heavy (non-hydrogen) atoms. The van der Waals surface area contributed by atoms with Crippen molar-refractivity contribution in [1.29, 1.82) is 0 Å². The average molecular weight is 637 g/mol. The molecule has 0 aliphatic rings. The number of ether oxygens (including phenoxy) is 2. The third kappa shape index (κ3) is 29.8. The summed E-state index contributed by atoms with van der Waals surface area (Å²) < 4.78 is 12.4. The van der Waals surface area contributed by atoms with E-state index in [4.69, 9.17) is 9.47 Å². The summed E-state index contributed by atoms with van der Waals surface area (Å²) in [5.41, 5.74) is -0.380. The maximum absolute atomic E-state index is 9.75. The van der Waals surface area contributed by atoms with Gasteiger partial charge < -0.3 is 14.6 Å². The van der Waals surface area contributed by atoms with E-state index >= 15 is 0 Å². The molecule has 2 N–H and O–H groups in total. The standard InChI is InChI=1S/C35H73NO3.BrH/c1-6-8-10-12-14-16-18-20-22-24-26-28-30-38-33(3)34(36-35(4,5)32-37)39-31-29-27-25-23-21-19-17-15-13-11-9-7-2;/h33-34,36-37H,6-32H2,1-5H3;1H. The zero-order valence-electron chi connectivity index (χ0n) is 27.9. The van der Waals surface area contributed by atoms with E-state index in [0.717, 1.165) is 26.1 Å². The van der Waals surface area contributed by atoms with Gasteiger partial charge in [0.2, 0.25) is 0 Å². The van der Waals surface area contributed by atoms with Crippen molar-refractivity contribution in [2.75, 3.05) is 19.8 Å². The van der Waals surface area contributed by atoms with Crippen LogP contribution in [0.25, 0.3) is 0 Å². The first-order chi connectivity index (χ1) is 19.0. The van der Waals surface area contributed by atoms with Gasteiger partial charge in [0.25, 0.3) is 0 Å². The van der Waals surface area contributed by atoms with Crippen molar-refractivity contribution in [3.63, 3.8) is 0 Å². The SMILES string of the molecule is Br.CCCCCCCCCCCCCCOC(C)C(NC(C)(C)CO)OCCCCCCCCCCCCCC. The summed E-state index contributed by atoms with van der Waals surface area (Å²) in [5.74, 6) is 0. The summed E-state index contributed by atoms with van der Waals surface area (Å²) in [6.45, 7) is 12.3. The zero-order valence-corrected chi connectivity index (χ0v) is 29.6. The van der Waals surface area contributed by atoms with E-state index < -0.39 is 0 Å². The van der Waals surface area contributed by atoms with Gasteiger partial charge in [-0.05, 0) is 33.6 Å². The van der Waals surface area contributed by atoms with E-state index in [-0.39, 0.29) is 41.5 Å². The molecule has 0 saturated carbocycles. The van der Waals surface area contributed by atoms with Crippen LogP contribution in [0.3, 0.4) is 0 Å². The van der Waals surface area contributed by atoms with E-state index in [9.17, 15) is 5.11 Å². The fourth-order valence-corrected chi connectivity index (χ4v) is 5.18. The van der Waals surface area contributed by atoms with Crippen molar-refractivity contribution in [2.24, 2.45) is 0 Å². The molecule has 0 fully saturated rings. The van der Waals surface area contributed by atoms with Gasteiger partial charge in [0, 0.05) is 18.8 Å². The Kier molecular flexibility index (Phi) is 34.2. The van der Waals surface area contributed by atoms with Crippen LogP contribution in [-0.2, 0) is 9.47 Å². The van der Waals surface area contributed by atoms with Crippen LogP contribution in [0.15, 0.2) is 0 Å². The number of rotatable bonds is 32. The van der Waals surface area contributed by atoms with E-state index in [1.807, 2.05) is 13.8 Å². The molecule has 0 aromatic carbocycles. The fraction of sp³-hybridized carbons (Fsp3) is 1.00. The minimum absolute atomic E-state index is 0. The van der Waals surface area contributed by atoms with Gasteiger partial charge >= 0.3 is 0 Å². The van der Waals surface area contributed by atoms with E-state index in [1.165, 1.54) is 141 Å². The van der Waals surface area contributed by atoms with Crippen LogP contribution in [0.1, 0.15) is 189 Å². The number of aliphatic hydroxyl groups excluding tert-OH is 1. The first-order valence-electron chi connectivity index (χ1n) is 17.6. The second-order valence-corrected chi connectivity index (χ2v) is 12.8. The smallest absolute Gasteiger partial charge is 0.134 e. The van der Waals surface area contributed by atoms with Crippen molar-refractivity contribution < 1.29 is 14.6 Å². The summed E-state index contributed by atoms with van der Waals surface area (Å²) in [6.07, 6.45) is 32.3. The van der Waals surface area contributed by atoms with Crippen LogP contribution in [0.4, 0.5) is 0 Å². The van der Waals surface area contributed by atoms with E-state index in [1.54, 1.807) is 0 Å². The van der Waals surface area contributed by atoms with Gasteiger partial charge in [0.15, 0.2) is 0 Å². The first-order valence-corrected chi connectivity index (χ1v) is 17.6. The Morgan fingerprint density at radius 1 is 0.525 bits per heavy atom. The lowest BCUT2D eigenvalue weighted by Crippen LogP contribution is -2.54. The molecule has 0 aromatic heterocycles. The minimum atomic E-state index is -0.380. The molecule has 2 atom stereocenters. The van der Waals surface area contributed by atoms with Crippen LogP contribution in [-0.4, -0.2) is 42.8 Å². The van der Waals surface area contributed by atoms with E-state index in [0.29, 0.717) is 0 Å². The normalized spacial score (nSPS) is 13.3. The summed E-state index contributed by atoms with van der Waals surface area (Å²) >= 11 is 0. The number of halogens is 1. The molecule has 0 amide bonds. The quantitative estimate of drug-likeness (QED) is 0.0570. The molecule has 0 bridgehead atoms. The number of aliphatic hydroxyl groups is 1. The predicted octanol–water partition coefficient (Wildman–Crippen LogP) is 11.1. The van der Waals surface area contributed by atoms with Crippen LogP contribution < -0.4 is 5.32 Å².